The number of rotatable bonds is 7. The molecule has 3 nitrogen and oxygen atoms in total. The highest BCUT2D eigenvalue weighted by atomic mass is 32.2. The smallest absolute Gasteiger partial charge is 0.224 e. The van der Waals surface area contributed by atoms with Gasteiger partial charge in [0.2, 0.25) is 5.91 Å². The van der Waals surface area contributed by atoms with E-state index in [9.17, 15) is 4.79 Å². The highest BCUT2D eigenvalue weighted by molar-refractivity contribution is 7.99. The predicted molar refractivity (Wildman–Crippen MR) is 101 cm³/mol. The molecule has 0 radical (unpaired) electrons. The van der Waals surface area contributed by atoms with Crippen molar-refractivity contribution in [3.63, 3.8) is 0 Å². The van der Waals surface area contributed by atoms with Gasteiger partial charge in [-0.1, -0.05) is 26.0 Å². The Morgan fingerprint density at radius 1 is 1.35 bits per heavy atom. The number of amides is 1. The lowest BCUT2D eigenvalue weighted by Crippen LogP contribution is -2.28. The molecular weight excluding hydrogens is 304 g/mol. The first-order chi connectivity index (χ1) is 11.1. The summed E-state index contributed by atoms with van der Waals surface area (Å²) in [6.07, 6.45) is 4.05. The van der Waals surface area contributed by atoms with Gasteiger partial charge in [-0.25, -0.2) is 0 Å². The van der Waals surface area contributed by atoms with E-state index in [1.165, 1.54) is 24.0 Å². The van der Waals surface area contributed by atoms with Gasteiger partial charge in [0.15, 0.2) is 0 Å². The van der Waals surface area contributed by atoms with Crippen LogP contribution in [0.5, 0.6) is 0 Å². The molecule has 0 atom stereocenters. The number of piperidine rings is 1. The molecule has 2 rings (SSSR count). The second kappa shape index (κ2) is 9.33. The van der Waals surface area contributed by atoms with Crippen molar-refractivity contribution in [2.75, 3.05) is 18.4 Å². The fourth-order valence-electron chi connectivity index (χ4n) is 2.95. The third-order valence-corrected chi connectivity index (χ3v) is 5.67. The predicted octanol–water partition coefficient (Wildman–Crippen LogP) is 4.35. The third kappa shape index (κ3) is 6.19. The zero-order valence-corrected chi connectivity index (χ0v) is 15.5. The Morgan fingerprint density at radius 3 is 2.78 bits per heavy atom. The van der Waals surface area contributed by atoms with E-state index in [0.29, 0.717) is 17.6 Å². The number of benzene rings is 1. The summed E-state index contributed by atoms with van der Waals surface area (Å²) < 4.78 is 0. The van der Waals surface area contributed by atoms with Crippen LogP contribution in [0.2, 0.25) is 0 Å². The van der Waals surface area contributed by atoms with E-state index >= 15 is 0 Å². The SMILES string of the molecule is Cc1c(CSC(C)C)cccc1NC(=O)CCC1CCNCC1. The summed E-state index contributed by atoms with van der Waals surface area (Å²) in [5.74, 6) is 1.86. The Kier molecular flexibility index (Phi) is 7.44. The fraction of sp³-hybridized carbons (Fsp3) is 0.632. The molecule has 1 amide bonds. The molecule has 1 aliphatic heterocycles. The van der Waals surface area contributed by atoms with Crippen LogP contribution in [0.25, 0.3) is 0 Å². The summed E-state index contributed by atoms with van der Waals surface area (Å²) in [4.78, 5) is 12.3. The lowest BCUT2D eigenvalue weighted by molar-refractivity contribution is -0.116. The molecule has 0 bridgehead atoms. The number of carbonyl (C=O) groups excluding carboxylic acids is 1. The van der Waals surface area contributed by atoms with E-state index in [4.69, 9.17) is 0 Å². The molecule has 0 unspecified atom stereocenters. The largest absolute Gasteiger partial charge is 0.326 e. The molecular formula is C19H30N2OS. The highest BCUT2D eigenvalue weighted by Crippen LogP contribution is 2.25. The normalized spacial score (nSPS) is 15.8. The summed E-state index contributed by atoms with van der Waals surface area (Å²) in [6.45, 7) is 8.74. The second-order valence-corrected chi connectivity index (χ2v) is 8.29. The molecule has 1 heterocycles. The molecule has 0 saturated carbocycles. The first-order valence-electron chi connectivity index (χ1n) is 8.77. The van der Waals surface area contributed by atoms with Crippen LogP contribution in [0, 0.1) is 12.8 Å². The summed E-state index contributed by atoms with van der Waals surface area (Å²) >= 11 is 1.94. The summed E-state index contributed by atoms with van der Waals surface area (Å²) in [5.41, 5.74) is 3.50. The first kappa shape index (κ1) is 18.3. The van der Waals surface area contributed by atoms with Crippen LogP contribution in [0.1, 0.15) is 50.7 Å². The van der Waals surface area contributed by atoms with Crippen LogP contribution in [0.15, 0.2) is 18.2 Å². The van der Waals surface area contributed by atoms with Crippen molar-refractivity contribution in [1.29, 1.82) is 0 Å². The summed E-state index contributed by atoms with van der Waals surface area (Å²) in [5, 5.41) is 7.11. The molecule has 1 fully saturated rings. The molecule has 128 valence electrons. The highest BCUT2D eigenvalue weighted by Gasteiger charge is 2.15. The van der Waals surface area contributed by atoms with Crippen LogP contribution in [0.3, 0.4) is 0 Å². The van der Waals surface area contributed by atoms with Crippen molar-refractivity contribution in [2.45, 2.75) is 57.5 Å². The zero-order valence-electron chi connectivity index (χ0n) is 14.7. The van der Waals surface area contributed by atoms with Crippen LogP contribution >= 0.6 is 11.8 Å². The van der Waals surface area contributed by atoms with E-state index in [-0.39, 0.29) is 5.91 Å². The number of nitrogens with one attached hydrogen (secondary N) is 2. The van der Waals surface area contributed by atoms with Crippen molar-refractivity contribution >= 4 is 23.4 Å². The van der Waals surface area contributed by atoms with E-state index in [1.54, 1.807) is 0 Å². The standard InChI is InChI=1S/C19H30N2OS/c1-14(2)23-13-17-5-4-6-18(15(17)3)21-19(22)8-7-16-9-11-20-12-10-16/h4-6,14,16,20H,7-13H2,1-3H3,(H,21,22). The minimum Gasteiger partial charge on any atom is -0.326 e. The van der Waals surface area contributed by atoms with Gasteiger partial charge in [0, 0.05) is 17.9 Å². The van der Waals surface area contributed by atoms with Crippen LogP contribution < -0.4 is 10.6 Å². The average molecular weight is 335 g/mol. The van der Waals surface area contributed by atoms with Gasteiger partial charge in [0.05, 0.1) is 0 Å². The first-order valence-corrected chi connectivity index (χ1v) is 9.81. The minimum absolute atomic E-state index is 0.153. The van der Waals surface area contributed by atoms with E-state index < -0.39 is 0 Å². The molecule has 1 aromatic carbocycles. The van der Waals surface area contributed by atoms with Crippen molar-refractivity contribution in [3.8, 4) is 0 Å². The van der Waals surface area contributed by atoms with Crippen molar-refractivity contribution in [2.24, 2.45) is 5.92 Å². The average Bonchev–Trinajstić information content (AvgIpc) is 2.54. The third-order valence-electron chi connectivity index (χ3n) is 4.53. The lowest BCUT2D eigenvalue weighted by Gasteiger charge is -2.22. The topological polar surface area (TPSA) is 41.1 Å². The Hall–Kier alpha value is -1.00. The maximum absolute atomic E-state index is 12.3. The van der Waals surface area contributed by atoms with E-state index in [2.05, 4.69) is 37.5 Å². The monoisotopic (exact) mass is 334 g/mol. The van der Waals surface area contributed by atoms with Gasteiger partial charge < -0.3 is 10.6 Å². The van der Waals surface area contributed by atoms with E-state index in [0.717, 1.165) is 31.0 Å². The van der Waals surface area contributed by atoms with Crippen molar-refractivity contribution < 1.29 is 4.79 Å². The zero-order chi connectivity index (χ0) is 16.7. The van der Waals surface area contributed by atoms with Gasteiger partial charge in [-0.3, -0.25) is 4.79 Å². The maximum atomic E-state index is 12.3. The number of anilines is 1. The molecule has 1 saturated heterocycles. The molecule has 1 aromatic rings. The lowest BCUT2D eigenvalue weighted by atomic mass is 9.93. The Morgan fingerprint density at radius 2 is 2.09 bits per heavy atom. The van der Waals surface area contributed by atoms with Gasteiger partial charge in [-0.15, -0.1) is 0 Å². The number of carbonyl (C=O) groups is 1. The van der Waals surface area contributed by atoms with E-state index in [1.807, 2.05) is 23.9 Å². The van der Waals surface area contributed by atoms with Crippen LogP contribution in [-0.4, -0.2) is 24.2 Å². The molecule has 0 spiro atoms. The molecule has 0 aliphatic carbocycles. The van der Waals surface area contributed by atoms with Gasteiger partial charge in [0.25, 0.3) is 0 Å². The number of hydrogen-bond donors (Lipinski definition) is 2. The van der Waals surface area contributed by atoms with Crippen molar-refractivity contribution in [1.82, 2.24) is 5.32 Å². The van der Waals surface area contributed by atoms with Gasteiger partial charge >= 0.3 is 0 Å². The van der Waals surface area contributed by atoms with Gasteiger partial charge in [-0.05, 0) is 67.6 Å². The Balaban J connectivity index is 1.86. The second-order valence-electron chi connectivity index (χ2n) is 6.73. The van der Waals surface area contributed by atoms with Crippen molar-refractivity contribution in [3.05, 3.63) is 29.3 Å². The summed E-state index contributed by atoms with van der Waals surface area (Å²) in [6, 6.07) is 6.22. The van der Waals surface area contributed by atoms with Crippen LogP contribution in [-0.2, 0) is 10.5 Å². The molecule has 23 heavy (non-hydrogen) atoms. The quantitative estimate of drug-likeness (QED) is 0.778. The Labute approximate surface area is 145 Å². The molecule has 1 aliphatic rings. The fourth-order valence-corrected chi connectivity index (χ4v) is 3.78. The summed E-state index contributed by atoms with van der Waals surface area (Å²) in [7, 11) is 0. The van der Waals surface area contributed by atoms with Gasteiger partial charge in [0.1, 0.15) is 0 Å². The molecule has 2 N–H and O–H groups in total. The minimum atomic E-state index is 0.153. The van der Waals surface area contributed by atoms with Gasteiger partial charge in [-0.2, -0.15) is 11.8 Å². The van der Waals surface area contributed by atoms with Crippen LogP contribution in [0.4, 0.5) is 5.69 Å². The molecule has 0 aromatic heterocycles. The Bertz CT molecular complexity index is 510. The maximum Gasteiger partial charge on any atom is 0.224 e. The molecule has 4 heteroatoms. The number of hydrogen-bond acceptors (Lipinski definition) is 3. The number of thioether (sulfide) groups is 1.